The zero-order valence-electron chi connectivity index (χ0n) is 14.0. The zero-order valence-corrected chi connectivity index (χ0v) is 14.8. The number of halogens is 3. The van der Waals surface area contributed by atoms with Crippen molar-refractivity contribution in [1.82, 2.24) is 10.2 Å². The van der Waals surface area contributed by atoms with Gasteiger partial charge in [-0.05, 0) is 42.3 Å². The molecule has 2 atom stereocenters. The molecule has 0 radical (unpaired) electrons. The molecule has 2 aromatic carbocycles. The minimum Gasteiger partial charge on any atom is -0.395 e. The van der Waals surface area contributed by atoms with Gasteiger partial charge >= 0.3 is 0 Å². The molecule has 0 aromatic heterocycles. The van der Waals surface area contributed by atoms with Crippen molar-refractivity contribution in [2.75, 3.05) is 19.7 Å². The van der Waals surface area contributed by atoms with Crippen LogP contribution in [0.25, 0.3) is 0 Å². The summed E-state index contributed by atoms with van der Waals surface area (Å²) in [6.45, 7) is 3.53. The summed E-state index contributed by atoms with van der Waals surface area (Å²) in [5, 5.41) is 13.1. The molecule has 3 rings (SSSR count). The Morgan fingerprint density at radius 1 is 1.04 bits per heavy atom. The largest absolute Gasteiger partial charge is 0.395 e. The summed E-state index contributed by atoms with van der Waals surface area (Å²) >= 11 is 0. The van der Waals surface area contributed by atoms with Gasteiger partial charge in [0.1, 0.15) is 11.6 Å². The molecule has 0 aliphatic carbocycles. The van der Waals surface area contributed by atoms with Gasteiger partial charge in [-0.1, -0.05) is 24.3 Å². The molecule has 0 amide bonds. The summed E-state index contributed by atoms with van der Waals surface area (Å²) in [7, 11) is 0. The minimum atomic E-state index is -0.288. The third-order valence-electron chi connectivity index (χ3n) is 4.57. The van der Waals surface area contributed by atoms with Gasteiger partial charge in [-0.3, -0.25) is 4.90 Å². The Morgan fingerprint density at radius 2 is 1.52 bits per heavy atom. The van der Waals surface area contributed by atoms with Crippen molar-refractivity contribution in [2.45, 2.75) is 25.0 Å². The molecule has 3 nitrogen and oxygen atoms in total. The lowest BCUT2D eigenvalue weighted by atomic mass is 9.94. The molecule has 0 bridgehead atoms. The first-order valence-electron chi connectivity index (χ1n) is 8.19. The molecule has 6 heteroatoms. The predicted octanol–water partition coefficient (Wildman–Crippen LogP) is 3.13. The highest BCUT2D eigenvalue weighted by Crippen LogP contribution is 2.32. The first kappa shape index (κ1) is 19.8. The first-order valence-corrected chi connectivity index (χ1v) is 8.19. The normalized spacial score (nSPS) is 21.2. The highest BCUT2D eigenvalue weighted by atomic mass is 35.5. The summed E-state index contributed by atoms with van der Waals surface area (Å²) in [6.07, 6.45) is 0. The summed E-state index contributed by atoms with van der Waals surface area (Å²) < 4.78 is 26.7. The van der Waals surface area contributed by atoms with E-state index in [1.54, 1.807) is 24.3 Å². The van der Waals surface area contributed by atoms with Crippen LogP contribution in [0.2, 0.25) is 0 Å². The Bertz CT molecular complexity index is 621. The molecular weight excluding hydrogens is 346 g/mol. The molecule has 0 saturated carbocycles. The number of piperazine rings is 1. The van der Waals surface area contributed by atoms with E-state index < -0.39 is 0 Å². The maximum Gasteiger partial charge on any atom is 0.123 e. The zero-order chi connectivity index (χ0) is 17.1. The fraction of sp³-hybridized carbons (Fsp3) is 0.368. The Kier molecular flexibility index (Phi) is 6.90. The van der Waals surface area contributed by atoms with Crippen molar-refractivity contribution in [2.24, 2.45) is 0 Å². The van der Waals surface area contributed by atoms with E-state index in [2.05, 4.69) is 17.1 Å². The predicted molar refractivity (Wildman–Crippen MR) is 96.9 cm³/mol. The number of rotatable bonds is 4. The van der Waals surface area contributed by atoms with E-state index in [9.17, 15) is 13.9 Å². The smallest absolute Gasteiger partial charge is 0.123 e. The van der Waals surface area contributed by atoms with Gasteiger partial charge in [0, 0.05) is 25.2 Å². The van der Waals surface area contributed by atoms with Crippen LogP contribution in [-0.2, 0) is 0 Å². The van der Waals surface area contributed by atoms with E-state index in [0.717, 1.165) is 17.7 Å². The van der Waals surface area contributed by atoms with Crippen LogP contribution in [-0.4, -0.2) is 41.8 Å². The van der Waals surface area contributed by atoms with E-state index in [1.165, 1.54) is 24.3 Å². The molecule has 136 valence electrons. The number of nitrogens with zero attached hydrogens (tertiary/aromatic N) is 1. The van der Waals surface area contributed by atoms with Gasteiger partial charge < -0.3 is 10.4 Å². The van der Waals surface area contributed by atoms with Crippen molar-refractivity contribution < 1.29 is 13.9 Å². The molecule has 2 N–H and O–H groups in total. The van der Waals surface area contributed by atoms with Crippen molar-refractivity contribution in [3.05, 3.63) is 71.3 Å². The third-order valence-corrected chi connectivity index (χ3v) is 4.57. The van der Waals surface area contributed by atoms with Crippen LogP contribution < -0.4 is 5.32 Å². The Labute approximate surface area is 153 Å². The molecule has 1 fully saturated rings. The number of aliphatic hydroxyl groups excluding tert-OH is 1. The summed E-state index contributed by atoms with van der Waals surface area (Å²) in [4.78, 5) is 2.21. The van der Waals surface area contributed by atoms with Crippen molar-refractivity contribution in [3.8, 4) is 0 Å². The fourth-order valence-corrected chi connectivity index (χ4v) is 3.34. The number of hydrogen-bond donors (Lipinski definition) is 2. The quantitative estimate of drug-likeness (QED) is 0.870. The second-order valence-corrected chi connectivity index (χ2v) is 6.35. The molecule has 2 aromatic rings. The Hall–Kier alpha value is -1.53. The fourth-order valence-electron chi connectivity index (χ4n) is 3.34. The van der Waals surface area contributed by atoms with Crippen molar-refractivity contribution >= 4 is 12.4 Å². The monoisotopic (exact) mass is 368 g/mol. The van der Waals surface area contributed by atoms with Gasteiger partial charge in [0.05, 0.1) is 12.6 Å². The molecule has 0 unspecified atom stereocenters. The molecule has 1 aliphatic rings. The number of benzene rings is 2. The lowest BCUT2D eigenvalue weighted by Gasteiger charge is -2.43. The van der Waals surface area contributed by atoms with Crippen LogP contribution in [0.15, 0.2) is 48.5 Å². The van der Waals surface area contributed by atoms with Crippen LogP contribution in [0, 0.1) is 11.6 Å². The van der Waals surface area contributed by atoms with Gasteiger partial charge in [0.25, 0.3) is 0 Å². The lowest BCUT2D eigenvalue weighted by molar-refractivity contribution is 0.0602. The topological polar surface area (TPSA) is 35.5 Å². The highest BCUT2D eigenvalue weighted by Gasteiger charge is 2.32. The molecule has 1 heterocycles. The highest BCUT2D eigenvalue weighted by molar-refractivity contribution is 5.85. The Balaban J connectivity index is 0.00000225. The van der Waals surface area contributed by atoms with Crippen molar-refractivity contribution in [1.29, 1.82) is 0 Å². The second-order valence-electron chi connectivity index (χ2n) is 6.35. The third kappa shape index (κ3) is 4.55. The van der Waals surface area contributed by atoms with Crippen LogP contribution >= 0.6 is 12.4 Å². The van der Waals surface area contributed by atoms with E-state index in [1.807, 2.05) is 0 Å². The molecule has 25 heavy (non-hydrogen) atoms. The lowest BCUT2D eigenvalue weighted by Crippen LogP contribution is -2.57. The number of nitrogens with one attached hydrogen (secondary N) is 1. The molecular formula is C19H23ClF2N2O. The number of hydrogen-bond acceptors (Lipinski definition) is 3. The average Bonchev–Trinajstić information content (AvgIpc) is 2.59. The summed E-state index contributed by atoms with van der Waals surface area (Å²) in [5.74, 6) is -0.576. The Morgan fingerprint density at radius 3 is 1.96 bits per heavy atom. The van der Waals surface area contributed by atoms with E-state index >= 15 is 0 Å². The summed E-state index contributed by atoms with van der Waals surface area (Å²) in [6, 6.07) is 12.8. The standard InChI is InChI=1S/C19H22F2N2O.ClH/c1-13-11-23(18(12-24)10-22-13)19(14-2-6-16(20)7-3-14)15-4-8-17(21)9-5-15;/h2-9,13,18-19,22,24H,10-12H2,1H3;1H/t13-,18-;/m0./s1. The number of aliphatic hydroxyl groups is 1. The van der Waals surface area contributed by atoms with Crippen LogP contribution in [0.3, 0.4) is 0 Å². The SMILES string of the molecule is C[C@H]1CN(C(c2ccc(F)cc2)c2ccc(F)cc2)[C@H](CO)CN1.Cl. The van der Waals surface area contributed by atoms with Gasteiger partial charge in [-0.15, -0.1) is 12.4 Å². The molecule has 1 aliphatic heterocycles. The average molecular weight is 369 g/mol. The van der Waals surface area contributed by atoms with Gasteiger partial charge in [-0.25, -0.2) is 8.78 Å². The first-order chi connectivity index (χ1) is 11.6. The van der Waals surface area contributed by atoms with E-state index in [-0.39, 0.29) is 48.8 Å². The van der Waals surface area contributed by atoms with Gasteiger partial charge in [0.2, 0.25) is 0 Å². The molecule has 1 saturated heterocycles. The summed E-state index contributed by atoms with van der Waals surface area (Å²) in [5.41, 5.74) is 1.85. The second kappa shape index (κ2) is 8.72. The maximum absolute atomic E-state index is 13.3. The van der Waals surface area contributed by atoms with E-state index in [0.29, 0.717) is 6.54 Å². The van der Waals surface area contributed by atoms with Gasteiger partial charge in [0.15, 0.2) is 0 Å². The van der Waals surface area contributed by atoms with Crippen LogP contribution in [0.4, 0.5) is 8.78 Å². The maximum atomic E-state index is 13.3. The van der Waals surface area contributed by atoms with Crippen molar-refractivity contribution in [3.63, 3.8) is 0 Å². The van der Waals surface area contributed by atoms with Crippen LogP contribution in [0.1, 0.15) is 24.1 Å². The van der Waals surface area contributed by atoms with Gasteiger partial charge in [-0.2, -0.15) is 0 Å². The molecule has 0 spiro atoms. The van der Waals surface area contributed by atoms with E-state index in [4.69, 9.17) is 0 Å². The van der Waals surface area contributed by atoms with Crippen LogP contribution in [0.5, 0.6) is 0 Å². The minimum absolute atomic E-state index is 0.